The number of nitrogens with one attached hydrogen (secondary N) is 1. The van der Waals surface area contributed by atoms with E-state index in [1.807, 2.05) is 25.4 Å². The van der Waals surface area contributed by atoms with Gasteiger partial charge in [0.1, 0.15) is 0 Å². The van der Waals surface area contributed by atoms with Crippen LogP contribution in [0.2, 0.25) is 0 Å². The number of carboxylic acids is 1. The molecular weight excluding hydrogens is 334 g/mol. The molecule has 0 bridgehead atoms. The van der Waals surface area contributed by atoms with Gasteiger partial charge >= 0.3 is 5.97 Å². The molecule has 2 unspecified atom stereocenters. The molecule has 1 amide bonds. The quantitative estimate of drug-likeness (QED) is 0.795. The number of aromatic nitrogens is 3. The number of carboxylic acid groups (broad SMARTS) is 1. The zero-order valence-corrected chi connectivity index (χ0v) is 14.9. The van der Waals surface area contributed by atoms with Crippen molar-refractivity contribution >= 4 is 11.9 Å². The summed E-state index contributed by atoms with van der Waals surface area (Å²) in [6.07, 6.45) is 1.98. The van der Waals surface area contributed by atoms with Gasteiger partial charge in [-0.25, -0.2) is 0 Å². The third-order valence-corrected chi connectivity index (χ3v) is 4.80. The number of hydrogen-bond acceptors (Lipinski definition) is 5. The first-order valence-electron chi connectivity index (χ1n) is 8.57. The summed E-state index contributed by atoms with van der Waals surface area (Å²) in [5.41, 5.74) is 2.56. The van der Waals surface area contributed by atoms with Crippen LogP contribution in [0.25, 0.3) is 0 Å². The number of benzene rings is 1. The molecule has 2 N–H and O–H groups in total. The van der Waals surface area contributed by atoms with Gasteiger partial charge in [0, 0.05) is 51.4 Å². The van der Waals surface area contributed by atoms with Crippen LogP contribution in [0.3, 0.4) is 0 Å². The maximum atomic E-state index is 11.6. The fourth-order valence-corrected chi connectivity index (χ4v) is 3.56. The molecule has 1 aromatic carbocycles. The molecule has 1 saturated heterocycles. The van der Waals surface area contributed by atoms with Gasteiger partial charge in [-0.2, -0.15) is 0 Å². The molecule has 3 rings (SSSR count). The van der Waals surface area contributed by atoms with E-state index in [0.29, 0.717) is 18.7 Å². The Morgan fingerprint density at radius 2 is 2.00 bits per heavy atom. The van der Waals surface area contributed by atoms with Crippen molar-refractivity contribution in [2.75, 3.05) is 20.1 Å². The van der Waals surface area contributed by atoms with Gasteiger partial charge < -0.3 is 10.4 Å². The van der Waals surface area contributed by atoms with Gasteiger partial charge in [0.05, 0.1) is 12.1 Å². The van der Waals surface area contributed by atoms with E-state index in [0.717, 1.165) is 17.8 Å². The van der Waals surface area contributed by atoms with Crippen molar-refractivity contribution in [2.45, 2.75) is 18.9 Å². The predicted octanol–water partition coefficient (Wildman–Crippen LogP) is 0.865. The van der Waals surface area contributed by atoms with Crippen LogP contribution in [-0.2, 0) is 18.4 Å². The van der Waals surface area contributed by atoms with E-state index in [1.165, 1.54) is 0 Å². The van der Waals surface area contributed by atoms with Gasteiger partial charge in [-0.3, -0.25) is 19.2 Å². The highest BCUT2D eigenvalue weighted by molar-refractivity contribution is 5.93. The van der Waals surface area contributed by atoms with Crippen molar-refractivity contribution in [3.63, 3.8) is 0 Å². The summed E-state index contributed by atoms with van der Waals surface area (Å²) in [5, 5.41) is 20.0. The Hall–Kier alpha value is -2.74. The molecule has 0 spiro atoms. The summed E-state index contributed by atoms with van der Waals surface area (Å²) < 4.78 is 1.65. The van der Waals surface area contributed by atoms with Crippen molar-refractivity contribution in [1.29, 1.82) is 0 Å². The Bertz CT molecular complexity index is 786. The minimum Gasteiger partial charge on any atom is -0.481 e. The molecular formula is C18H23N5O3. The van der Waals surface area contributed by atoms with E-state index in [2.05, 4.69) is 20.5 Å². The van der Waals surface area contributed by atoms with Crippen molar-refractivity contribution in [1.82, 2.24) is 25.2 Å². The fraction of sp³-hybridized carbons (Fsp3) is 0.444. The van der Waals surface area contributed by atoms with Crippen LogP contribution in [0.1, 0.15) is 34.0 Å². The number of carbonyl (C=O) groups excluding carboxylic acids is 1. The lowest BCUT2D eigenvalue weighted by atomic mass is 9.91. The van der Waals surface area contributed by atoms with E-state index in [9.17, 15) is 14.7 Å². The van der Waals surface area contributed by atoms with E-state index in [-0.39, 0.29) is 24.2 Å². The van der Waals surface area contributed by atoms with E-state index in [1.54, 1.807) is 23.9 Å². The van der Waals surface area contributed by atoms with Crippen LogP contribution >= 0.6 is 0 Å². The zero-order valence-electron chi connectivity index (χ0n) is 14.9. The molecule has 2 heterocycles. The highest BCUT2D eigenvalue weighted by Crippen LogP contribution is 2.34. The van der Waals surface area contributed by atoms with Crippen molar-refractivity contribution in [3.05, 3.63) is 47.3 Å². The first-order chi connectivity index (χ1) is 12.5. The molecule has 2 aromatic rings. The standard InChI is InChI=1S/C18H23N5O3/c1-19-18(26)13-5-3-12(4-6-13)8-23-9-14(7-17(24)25)15(10-23)16-11-22(2)21-20-16/h3-6,11,14-15H,7-10H2,1-2H3,(H,19,26)(H,24,25). The maximum absolute atomic E-state index is 11.6. The number of nitrogens with zero attached hydrogens (tertiary/aromatic N) is 4. The summed E-state index contributed by atoms with van der Waals surface area (Å²) in [7, 11) is 3.42. The molecule has 1 aliphatic heterocycles. The average Bonchev–Trinajstić information content (AvgIpc) is 3.20. The molecule has 138 valence electrons. The van der Waals surface area contributed by atoms with Gasteiger partial charge in [-0.05, 0) is 23.6 Å². The lowest BCUT2D eigenvalue weighted by Gasteiger charge is -2.15. The fourth-order valence-electron chi connectivity index (χ4n) is 3.56. The van der Waals surface area contributed by atoms with E-state index < -0.39 is 5.97 Å². The molecule has 1 fully saturated rings. The maximum Gasteiger partial charge on any atom is 0.303 e. The smallest absolute Gasteiger partial charge is 0.303 e. The third-order valence-electron chi connectivity index (χ3n) is 4.80. The summed E-state index contributed by atoms with van der Waals surface area (Å²) in [4.78, 5) is 25.1. The highest BCUT2D eigenvalue weighted by atomic mass is 16.4. The van der Waals surface area contributed by atoms with Crippen LogP contribution < -0.4 is 5.32 Å². The van der Waals surface area contributed by atoms with Gasteiger partial charge in [-0.1, -0.05) is 17.3 Å². The molecule has 0 radical (unpaired) electrons. The Morgan fingerprint density at radius 1 is 1.27 bits per heavy atom. The summed E-state index contributed by atoms with van der Waals surface area (Å²) >= 11 is 0. The van der Waals surface area contributed by atoms with Crippen LogP contribution in [0.5, 0.6) is 0 Å². The number of likely N-dealkylation sites (tertiary alicyclic amines) is 1. The highest BCUT2D eigenvalue weighted by Gasteiger charge is 2.36. The number of hydrogen-bond donors (Lipinski definition) is 2. The first-order valence-corrected chi connectivity index (χ1v) is 8.57. The van der Waals surface area contributed by atoms with Gasteiger partial charge in [0.15, 0.2) is 0 Å². The SMILES string of the molecule is CNC(=O)c1ccc(CN2CC(CC(=O)O)C(c3cn(C)nn3)C2)cc1. The average molecular weight is 357 g/mol. The second-order valence-electron chi connectivity index (χ2n) is 6.75. The molecule has 2 atom stereocenters. The predicted molar refractivity (Wildman–Crippen MR) is 94.6 cm³/mol. The largest absolute Gasteiger partial charge is 0.481 e. The minimum absolute atomic E-state index is 0.00865. The van der Waals surface area contributed by atoms with Crippen LogP contribution in [0.15, 0.2) is 30.5 Å². The van der Waals surface area contributed by atoms with Crippen LogP contribution in [0.4, 0.5) is 0 Å². The Labute approximate surface area is 151 Å². The first kappa shape index (κ1) is 18.1. The van der Waals surface area contributed by atoms with Gasteiger partial charge in [0.25, 0.3) is 5.91 Å². The number of aryl methyl sites for hydroxylation is 1. The number of rotatable bonds is 6. The summed E-state index contributed by atoms with van der Waals surface area (Å²) in [6.45, 7) is 2.15. The lowest BCUT2D eigenvalue weighted by molar-refractivity contribution is -0.138. The van der Waals surface area contributed by atoms with E-state index >= 15 is 0 Å². The third kappa shape index (κ3) is 4.08. The Kier molecular flexibility index (Phi) is 5.32. The topological polar surface area (TPSA) is 100 Å². The lowest BCUT2D eigenvalue weighted by Crippen LogP contribution is -2.21. The molecule has 1 aromatic heterocycles. The number of carbonyl (C=O) groups is 2. The Balaban J connectivity index is 1.70. The Morgan fingerprint density at radius 3 is 2.58 bits per heavy atom. The minimum atomic E-state index is -0.791. The van der Waals surface area contributed by atoms with E-state index in [4.69, 9.17) is 0 Å². The van der Waals surface area contributed by atoms with Crippen LogP contribution in [-0.4, -0.2) is 57.0 Å². The number of aliphatic carboxylic acids is 1. The second-order valence-corrected chi connectivity index (χ2v) is 6.75. The molecule has 0 saturated carbocycles. The van der Waals surface area contributed by atoms with Gasteiger partial charge in [-0.15, -0.1) is 5.10 Å². The zero-order chi connectivity index (χ0) is 18.7. The summed E-state index contributed by atoms with van der Waals surface area (Å²) in [5.74, 6) is -0.832. The number of amides is 1. The molecule has 26 heavy (non-hydrogen) atoms. The molecule has 0 aliphatic carbocycles. The van der Waals surface area contributed by atoms with Crippen LogP contribution in [0, 0.1) is 5.92 Å². The van der Waals surface area contributed by atoms with Gasteiger partial charge in [0.2, 0.25) is 0 Å². The summed E-state index contributed by atoms with van der Waals surface area (Å²) in [6, 6.07) is 7.48. The second kappa shape index (κ2) is 7.65. The van der Waals surface area contributed by atoms with Crippen molar-refractivity contribution in [2.24, 2.45) is 13.0 Å². The monoisotopic (exact) mass is 357 g/mol. The van der Waals surface area contributed by atoms with Crippen molar-refractivity contribution < 1.29 is 14.7 Å². The molecule has 8 heteroatoms. The molecule has 1 aliphatic rings. The van der Waals surface area contributed by atoms with Crippen molar-refractivity contribution in [3.8, 4) is 0 Å². The molecule has 8 nitrogen and oxygen atoms in total. The normalized spacial score (nSPS) is 20.2.